The number of phenolic OH excluding ortho intramolecular Hbond substituents is 1. The topological polar surface area (TPSA) is 67.8 Å². The number of alkyl carbamates (subject to hydrolysis) is 1. The third kappa shape index (κ3) is 5.43. The first-order valence-electron chi connectivity index (χ1n) is 10.1. The summed E-state index contributed by atoms with van der Waals surface area (Å²) >= 11 is 0. The third-order valence-corrected chi connectivity index (χ3v) is 5.27. The number of hydrogen-bond acceptors (Lipinski definition) is 4. The van der Waals surface area contributed by atoms with Crippen LogP contribution in [-0.4, -0.2) is 28.9 Å². The van der Waals surface area contributed by atoms with Gasteiger partial charge in [0.05, 0.1) is 0 Å². The quantitative estimate of drug-likeness (QED) is 0.732. The lowest BCUT2D eigenvalue weighted by atomic mass is 9.78. The van der Waals surface area contributed by atoms with E-state index in [1.54, 1.807) is 12.1 Å². The van der Waals surface area contributed by atoms with Crippen LogP contribution in [0.5, 0.6) is 11.5 Å². The lowest BCUT2D eigenvalue weighted by molar-refractivity contribution is -0.0243. The van der Waals surface area contributed by atoms with E-state index in [1.165, 1.54) is 5.56 Å². The second kappa shape index (κ2) is 7.97. The van der Waals surface area contributed by atoms with Crippen molar-refractivity contribution in [1.82, 2.24) is 5.32 Å². The highest BCUT2D eigenvalue weighted by Gasteiger charge is 2.34. The molecule has 0 aliphatic heterocycles. The van der Waals surface area contributed by atoms with Crippen LogP contribution in [0.15, 0.2) is 48.5 Å². The molecule has 3 rings (SSSR count). The first kappa shape index (κ1) is 21.0. The van der Waals surface area contributed by atoms with Gasteiger partial charge in [-0.15, -0.1) is 0 Å². The van der Waals surface area contributed by atoms with E-state index >= 15 is 0 Å². The number of carbonyl (C=O) groups is 1. The molecule has 0 aromatic heterocycles. The second-order valence-corrected chi connectivity index (χ2v) is 9.31. The number of ether oxygens (including phenoxy) is 2. The monoisotopic (exact) mass is 397 g/mol. The number of hydrogen-bond donors (Lipinski definition) is 2. The van der Waals surface area contributed by atoms with Gasteiger partial charge in [0.1, 0.15) is 23.7 Å². The molecule has 0 unspecified atom stereocenters. The minimum atomic E-state index is -0.373. The summed E-state index contributed by atoms with van der Waals surface area (Å²) in [7, 11) is 0. The lowest BCUT2D eigenvalue weighted by Gasteiger charge is -2.35. The largest absolute Gasteiger partial charge is 0.508 e. The third-order valence-electron chi connectivity index (χ3n) is 5.27. The van der Waals surface area contributed by atoms with Crippen LogP contribution < -0.4 is 10.1 Å². The van der Waals surface area contributed by atoms with Crippen LogP contribution in [0.4, 0.5) is 4.79 Å². The van der Waals surface area contributed by atoms with Crippen molar-refractivity contribution in [3.63, 3.8) is 0 Å². The van der Waals surface area contributed by atoms with Crippen molar-refractivity contribution < 1.29 is 19.4 Å². The molecule has 0 bridgehead atoms. The van der Waals surface area contributed by atoms with Crippen LogP contribution >= 0.6 is 0 Å². The highest BCUT2D eigenvalue weighted by molar-refractivity contribution is 5.68. The predicted molar refractivity (Wildman–Crippen MR) is 113 cm³/mol. The normalized spacial score (nSPS) is 19.2. The van der Waals surface area contributed by atoms with E-state index in [4.69, 9.17) is 9.47 Å². The highest BCUT2D eigenvalue weighted by Crippen LogP contribution is 2.34. The number of benzene rings is 2. The summed E-state index contributed by atoms with van der Waals surface area (Å²) in [4.78, 5) is 11.8. The van der Waals surface area contributed by atoms with Gasteiger partial charge in [-0.05, 0) is 56.2 Å². The first-order valence-corrected chi connectivity index (χ1v) is 10.1. The number of amides is 1. The molecular weight excluding hydrogens is 366 g/mol. The summed E-state index contributed by atoms with van der Waals surface area (Å²) in [5.74, 6) is 1.09. The fourth-order valence-corrected chi connectivity index (χ4v) is 3.38. The maximum Gasteiger partial charge on any atom is 0.407 e. The molecule has 2 aromatic rings. The van der Waals surface area contributed by atoms with Crippen LogP contribution in [0.25, 0.3) is 0 Å². The minimum absolute atomic E-state index is 0.0680. The Labute approximate surface area is 173 Å². The van der Waals surface area contributed by atoms with Crippen molar-refractivity contribution in [2.75, 3.05) is 0 Å². The lowest BCUT2D eigenvalue weighted by Crippen LogP contribution is -2.46. The molecule has 2 aromatic carbocycles. The average Bonchev–Trinajstić information content (AvgIpc) is 2.59. The molecule has 1 aliphatic carbocycles. The molecule has 0 atom stereocenters. The molecule has 1 amide bonds. The molecule has 0 radical (unpaired) electrons. The Balaban J connectivity index is 1.52. The van der Waals surface area contributed by atoms with Crippen molar-refractivity contribution in [2.45, 2.75) is 70.6 Å². The molecular formula is C24H31NO4. The van der Waals surface area contributed by atoms with Crippen LogP contribution in [0.1, 0.15) is 58.6 Å². The van der Waals surface area contributed by atoms with Crippen LogP contribution in [0.2, 0.25) is 0 Å². The summed E-state index contributed by atoms with van der Waals surface area (Å²) in [6, 6.07) is 15.4. The molecule has 1 fully saturated rings. The molecule has 2 N–H and O–H groups in total. The van der Waals surface area contributed by atoms with E-state index < -0.39 is 0 Å². The van der Waals surface area contributed by atoms with E-state index in [0.29, 0.717) is 12.8 Å². The summed E-state index contributed by atoms with van der Waals surface area (Å²) in [5.41, 5.74) is 1.83. The number of nitrogens with one attached hydrogen (secondary N) is 1. The zero-order chi connectivity index (χ0) is 21.2. The second-order valence-electron chi connectivity index (χ2n) is 9.31. The van der Waals surface area contributed by atoms with Gasteiger partial charge >= 0.3 is 6.09 Å². The Morgan fingerprint density at radius 1 is 0.897 bits per heavy atom. The van der Waals surface area contributed by atoms with Gasteiger partial charge in [0.2, 0.25) is 0 Å². The summed E-state index contributed by atoms with van der Waals surface area (Å²) in [6.07, 6.45) is 1.02. The van der Waals surface area contributed by atoms with E-state index in [1.807, 2.05) is 45.0 Å². The first-order chi connectivity index (χ1) is 13.5. The number of aromatic hydroxyl groups is 1. The van der Waals surface area contributed by atoms with Crippen LogP contribution in [0.3, 0.4) is 0 Å². The standard InChI is InChI=1S/C24H31NO4/c1-23(2,3)25-22(27)29-21-14-20(15-21)28-19-12-8-17(9-13-19)24(4,5)16-6-10-18(26)11-7-16/h6-13,20-21,26H,14-15H2,1-5H3,(H,25,27). The van der Waals surface area contributed by atoms with E-state index in [2.05, 4.69) is 31.3 Å². The van der Waals surface area contributed by atoms with Crippen molar-refractivity contribution >= 4 is 6.09 Å². The number of phenols is 1. The van der Waals surface area contributed by atoms with Gasteiger partial charge in [-0.2, -0.15) is 0 Å². The summed E-state index contributed by atoms with van der Waals surface area (Å²) in [5, 5.41) is 12.3. The molecule has 5 heteroatoms. The molecule has 0 saturated heterocycles. The van der Waals surface area contributed by atoms with Crippen LogP contribution in [-0.2, 0) is 10.2 Å². The fraction of sp³-hybridized carbons (Fsp3) is 0.458. The SMILES string of the molecule is CC(C)(C)NC(=O)OC1CC(Oc2ccc(C(C)(C)c3ccc(O)cc3)cc2)C1. The fourth-order valence-electron chi connectivity index (χ4n) is 3.38. The van der Waals surface area contributed by atoms with Gasteiger partial charge in [0.25, 0.3) is 0 Å². The zero-order valence-electron chi connectivity index (χ0n) is 17.9. The van der Waals surface area contributed by atoms with Crippen molar-refractivity contribution in [3.8, 4) is 11.5 Å². The molecule has 0 heterocycles. The van der Waals surface area contributed by atoms with Gasteiger partial charge in [0, 0.05) is 23.8 Å². The maximum atomic E-state index is 11.8. The maximum absolute atomic E-state index is 11.8. The van der Waals surface area contributed by atoms with Gasteiger partial charge in [0.15, 0.2) is 0 Å². The van der Waals surface area contributed by atoms with Crippen molar-refractivity contribution in [3.05, 3.63) is 59.7 Å². The molecule has 156 valence electrons. The number of carbonyl (C=O) groups excluding carboxylic acids is 1. The minimum Gasteiger partial charge on any atom is -0.508 e. The molecule has 5 nitrogen and oxygen atoms in total. The van der Waals surface area contributed by atoms with Crippen molar-refractivity contribution in [2.24, 2.45) is 0 Å². The summed E-state index contributed by atoms with van der Waals surface area (Å²) in [6.45, 7) is 10.1. The Morgan fingerprint density at radius 2 is 1.41 bits per heavy atom. The predicted octanol–water partition coefficient (Wildman–Crippen LogP) is 5.15. The Bertz CT molecular complexity index is 829. The Hall–Kier alpha value is -2.69. The van der Waals surface area contributed by atoms with Gasteiger partial charge < -0.3 is 19.9 Å². The Morgan fingerprint density at radius 3 is 1.93 bits per heavy atom. The van der Waals surface area contributed by atoms with Gasteiger partial charge in [-0.3, -0.25) is 0 Å². The molecule has 1 saturated carbocycles. The van der Waals surface area contributed by atoms with E-state index in [0.717, 1.165) is 11.3 Å². The van der Waals surface area contributed by atoms with Gasteiger partial charge in [-0.25, -0.2) is 4.79 Å². The average molecular weight is 398 g/mol. The van der Waals surface area contributed by atoms with Gasteiger partial charge in [-0.1, -0.05) is 38.1 Å². The zero-order valence-corrected chi connectivity index (χ0v) is 17.9. The smallest absolute Gasteiger partial charge is 0.407 e. The molecule has 29 heavy (non-hydrogen) atoms. The van der Waals surface area contributed by atoms with E-state index in [-0.39, 0.29) is 35.0 Å². The summed E-state index contributed by atoms with van der Waals surface area (Å²) < 4.78 is 11.4. The molecule has 1 aliphatic rings. The Kier molecular flexibility index (Phi) is 5.78. The van der Waals surface area contributed by atoms with Crippen molar-refractivity contribution in [1.29, 1.82) is 0 Å². The molecule has 0 spiro atoms. The number of rotatable bonds is 5. The van der Waals surface area contributed by atoms with Crippen LogP contribution in [0, 0.1) is 0 Å². The van der Waals surface area contributed by atoms with E-state index in [9.17, 15) is 9.90 Å². The highest BCUT2D eigenvalue weighted by atomic mass is 16.6.